The molecule has 0 saturated carbocycles. The number of aryl methyl sites for hydroxylation is 1. The van der Waals surface area contributed by atoms with Crippen LogP contribution in [0.1, 0.15) is 76.9 Å². The molecule has 160 valence electrons. The van der Waals surface area contributed by atoms with Gasteiger partial charge in [-0.15, -0.1) is 0 Å². The lowest BCUT2D eigenvalue weighted by Crippen LogP contribution is -2.16. The second kappa shape index (κ2) is 9.61. The summed E-state index contributed by atoms with van der Waals surface area (Å²) in [5, 5.41) is 0. The van der Waals surface area contributed by atoms with Gasteiger partial charge in [-0.05, 0) is 54.2 Å². The Kier molecular flexibility index (Phi) is 6.91. The van der Waals surface area contributed by atoms with Gasteiger partial charge < -0.3 is 9.47 Å². The summed E-state index contributed by atoms with van der Waals surface area (Å²) < 4.78 is 11.7. The fourth-order valence-electron chi connectivity index (χ4n) is 3.56. The Morgan fingerprint density at radius 2 is 1.13 bits per heavy atom. The van der Waals surface area contributed by atoms with Crippen LogP contribution in [0.2, 0.25) is 0 Å². The number of ether oxygens (including phenoxy) is 2. The van der Waals surface area contributed by atoms with E-state index in [0.717, 1.165) is 16.7 Å². The van der Waals surface area contributed by atoms with Gasteiger partial charge in [0, 0.05) is 5.56 Å². The van der Waals surface area contributed by atoms with Crippen molar-refractivity contribution in [1.29, 1.82) is 0 Å². The fourth-order valence-corrected chi connectivity index (χ4v) is 3.56. The summed E-state index contributed by atoms with van der Waals surface area (Å²) in [4.78, 5) is 25.7. The van der Waals surface area contributed by atoms with Crippen molar-refractivity contribution >= 4 is 11.9 Å². The van der Waals surface area contributed by atoms with Gasteiger partial charge in [-0.25, -0.2) is 9.59 Å². The number of carbonyl (C=O) groups is 2. The molecule has 4 nitrogen and oxygen atoms in total. The smallest absolute Gasteiger partial charge is 0.343 e. The summed E-state index contributed by atoms with van der Waals surface area (Å²) in [7, 11) is 0. The monoisotopic (exact) mass is 416 g/mol. The number of rotatable bonds is 6. The molecule has 0 saturated heterocycles. The topological polar surface area (TPSA) is 52.6 Å². The van der Waals surface area contributed by atoms with Crippen molar-refractivity contribution in [3.05, 3.63) is 94.5 Å². The lowest BCUT2D eigenvalue weighted by atomic mass is 9.88. The zero-order valence-electron chi connectivity index (χ0n) is 18.6. The largest absolute Gasteiger partial charge is 0.419 e. The molecule has 3 aromatic carbocycles. The highest BCUT2D eigenvalue weighted by atomic mass is 16.6. The molecule has 0 aliphatic carbocycles. The standard InChI is InChI=1S/C27H28O4/c1-17(2)22-16-19(5)24(30-26(28)20-12-8-6-9-13-20)25(23(22)18(3)4)31-27(29)21-14-10-7-11-15-21/h6-18H,1-5H3. The second-order valence-electron chi connectivity index (χ2n) is 8.18. The van der Waals surface area contributed by atoms with E-state index < -0.39 is 11.9 Å². The Labute approximate surface area is 183 Å². The van der Waals surface area contributed by atoms with Crippen LogP contribution in [-0.2, 0) is 0 Å². The quantitative estimate of drug-likeness (QED) is 0.332. The molecule has 0 spiro atoms. The molecule has 4 heteroatoms. The Morgan fingerprint density at radius 1 is 0.677 bits per heavy atom. The summed E-state index contributed by atoms with van der Waals surface area (Å²) in [6.45, 7) is 10.1. The fraction of sp³-hybridized carbons (Fsp3) is 0.259. The first kappa shape index (κ1) is 22.3. The van der Waals surface area contributed by atoms with Crippen LogP contribution in [0.5, 0.6) is 11.5 Å². The van der Waals surface area contributed by atoms with E-state index in [0.29, 0.717) is 16.9 Å². The third kappa shape index (κ3) is 5.02. The Morgan fingerprint density at radius 3 is 1.55 bits per heavy atom. The molecule has 0 aliphatic rings. The Balaban J connectivity index is 2.13. The molecule has 0 N–H and O–H groups in total. The molecule has 0 heterocycles. The van der Waals surface area contributed by atoms with Gasteiger partial charge in [-0.1, -0.05) is 70.2 Å². The lowest BCUT2D eigenvalue weighted by molar-refractivity contribution is 0.0679. The molecule has 0 unspecified atom stereocenters. The van der Waals surface area contributed by atoms with Crippen LogP contribution < -0.4 is 9.47 Å². The van der Waals surface area contributed by atoms with Crippen molar-refractivity contribution in [3.8, 4) is 11.5 Å². The highest BCUT2D eigenvalue weighted by Gasteiger charge is 2.26. The van der Waals surface area contributed by atoms with Crippen LogP contribution in [0.25, 0.3) is 0 Å². The minimum Gasteiger partial charge on any atom is -0.419 e. The Hall–Kier alpha value is -3.40. The van der Waals surface area contributed by atoms with Gasteiger partial charge in [-0.3, -0.25) is 0 Å². The van der Waals surface area contributed by atoms with Crippen LogP contribution in [-0.4, -0.2) is 11.9 Å². The van der Waals surface area contributed by atoms with Crippen LogP contribution in [0, 0.1) is 6.92 Å². The average molecular weight is 417 g/mol. The minimum absolute atomic E-state index is 0.0609. The summed E-state index contributed by atoms with van der Waals surface area (Å²) in [5.74, 6) is -0.106. The third-order valence-electron chi connectivity index (χ3n) is 5.10. The SMILES string of the molecule is Cc1cc(C(C)C)c(C(C)C)c(OC(=O)c2ccccc2)c1OC(=O)c1ccccc1. The molecule has 0 amide bonds. The zero-order chi connectivity index (χ0) is 22.5. The number of benzene rings is 3. The van der Waals surface area contributed by atoms with Gasteiger partial charge in [0.2, 0.25) is 0 Å². The minimum atomic E-state index is -0.493. The van der Waals surface area contributed by atoms with E-state index in [4.69, 9.17) is 9.47 Å². The normalized spacial score (nSPS) is 10.9. The molecular weight excluding hydrogens is 388 g/mol. The van der Waals surface area contributed by atoms with Gasteiger partial charge in [0.1, 0.15) is 0 Å². The van der Waals surface area contributed by atoms with Gasteiger partial charge in [0.15, 0.2) is 11.5 Å². The van der Waals surface area contributed by atoms with Gasteiger partial charge >= 0.3 is 11.9 Å². The third-order valence-corrected chi connectivity index (χ3v) is 5.10. The molecule has 3 rings (SSSR count). The van der Waals surface area contributed by atoms with Gasteiger partial charge in [0.25, 0.3) is 0 Å². The first-order valence-electron chi connectivity index (χ1n) is 10.5. The van der Waals surface area contributed by atoms with Crippen molar-refractivity contribution in [1.82, 2.24) is 0 Å². The maximum Gasteiger partial charge on any atom is 0.343 e. The van der Waals surface area contributed by atoms with Crippen molar-refractivity contribution in [2.45, 2.75) is 46.5 Å². The maximum absolute atomic E-state index is 12.9. The van der Waals surface area contributed by atoms with E-state index in [1.54, 1.807) is 48.5 Å². The summed E-state index contributed by atoms with van der Waals surface area (Å²) in [5.41, 5.74) is 3.56. The molecule has 0 aromatic heterocycles. The number of hydrogen-bond acceptors (Lipinski definition) is 4. The van der Waals surface area contributed by atoms with Crippen LogP contribution >= 0.6 is 0 Å². The number of carbonyl (C=O) groups excluding carboxylic acids is 2. The Bertz CT molecular complexity index is 1070. The highest BCUT2D eigenvalue weighted by molar-refractivity contribution is 5.93. The van der Waals surface area contributed by atoms with Crippen LogP contribution in [0.4, 0.5) is 0 Å². The average Bonchev–Trinajstić information content (AvgIpc) is 2.76. The maximum atomic E-state index is 12.9. The summed E-state index contributed by atoms with van der Waals surface area (Å²) in [6, 6.07) is 19.6. The summed E-state index contributed by atoms with van der Waals surface area (Å²) >= 11 is 0. The molecule has 0 fully saturated rings. The van der Waals surface area contributed by atoms with E-state index in [1.165, 1.54) is 0 Å². The predicted octanol–water partition coefficient (Wildman–Crippen LogP) is 6.68. The van der Waals surface area contributed by atoms with E-state index in [-0.39, 0.29) is 17.6 Å². The molecule has 0 radical (unpaired) electrons. The van der Waals surface area contributed by atoms with Crippen molar-refractivity contribution in [2.75, 3.05) is 0 Å². The molecule has 0 atom stereocenters. The van der Waals surface area contributed by atoms with Crippen molar-refractivity contribution < 1.29 is 19.1 Å². The van der Waals surface area contributed by atoms with E-state index in [9.17, 15) is 9.59 Å². The van der Waals surface area contributed by atoms with E-state index in [1.807, 2.05) is 39.0 Å². The first-order chi connectivity index (χ1) is 14.8. The summed E-state index contributed by atoms with van der Waals surface area (Å²) in [6.07, 6.45) is 0. The molecule has 0 aliphatic heterocycles. The molecule has 3 aromatic rings. The molecule has 31 heavy (non-hydrogen) atoms. The van der Waals surface area contributed by atoms with E-state index >= 15 is 0 Å². The van der Waals surface area contributed by atoms with Gasteiger partial charge in [-0.2, -0.15) is 0 Å². The van der Waals surface area contributed by atoms with E-state index in [2.05, 4.69) is 13.8 Å². The number of esters is 2. The zero-order valence-corrected chi connectivity index (χ0v) is 18.6. The second-order valence-corrected chi connectivity index (χ2v) is 8.18. The highest BCUT2D eigenvalue weighted by Crippen LogP contribution is 2.44. The molecule has 0 bridgehead atoms. The number of hydrogen-bond donors (Lipinski definition) is 0. The van der Waals surface area contributed by atoms with Crippen molar-refractivity contribution in [3.63, 3.8) is 0 Å². The first-order valence-corrected chi connectivity index (χ1v) is 10.5. The predicted molar refractivity (Wildman–Crippen MR) is 122 cm³/mol. The lowest BCUT2D eigenvalue weighted by Gasteiger charge is -2.24. The van der Waals surface area contributed by atoms with Gasteiger partial charge in [0.05, 0.1) is 11.1 Å². The molecular formula is C27H28O4. The van der Waals surface area contributed by atoms with Crippen LogP contribution in [0.15, 0.2) is 66.7 Å². The van der Waals surface area contributed by atoms with Crippen LogP contribution in [0.3, 0.4) is 0 Å². The van der Waals surface area contributed by atoms with Crippen molar-refractivity contribution in [2.24, 2.45) is 0 Å².